The highest BCUT2D eigenvalue weighted by Crippen LogP contribution is 2.71. The van der Waals surface area contributed by atoms with Crippen LogP contribution in [-0.4, -0.2) is 40.9 Å². The van der Waals surface area contributed by atoms with E-state index >= 15 is 0 Å². The fourth-order valence-electron chi connectivity index (χ4n) is 10.2. The molecule has 4 aliphatic carbocycles. The van der Waals surface area contributed by atoms with Crippen molar-refractivity contribution in [2.45, 2.75) is 110 Å². The summed E-state index contributed by atoms with van der Waals surface area (Å²) in [6, 6.07) is 0. The van der Waals surface area contributed by atoms with Crippen LogP contribution < -0.4 is 0 Å². The molecule has 0 amide bonds. The topological polar surface area (TPSA) is 58.9 Å². The van der Waals surface area contributed by atoms with E-state index < -0.39 is 5.79 Å². The standard InChI is InChI=1S/C27H44O4/c1-15-7-10-27(30-14-15)16(2)24-22(31-27)12-21-19-6-5-17-11-18(28)8-9-25(17,3)20(19)13-23(29)26(21,24)4/h15-24,28-29H,5-14H2,1-4H3/t15-,16?,17?,18-,19?,20?,21?,22?,23?,24?,25-,26+,27?/m0/s1. The Hall–Kier alpha value is -0.160. The molecule has 2 aliphatic heterocycles. The number of ether oxygens (including phenoxy) is 2. The predicted octanol–water partition coefficient (Wildman–Crippen LogP) is 4.76. The van der Waals surface area contributed by atoms with Gasteiger partial charge in [0, 0.05) is 23.7 Å². The molecule has 31 heavy (non-hydrogen) atoms. The molecule has 2 saturated heterocycles. The molecule has 13 atom stereocenters. The number of hydrogen-bond acceptors (Lipinski definition) is 4. The first-order chi connectivity index (χ1) is 14.7. The summed E-state index contributed by atoms with van der Waals surface area (Å²) in [6.07, 6.45) is 9.70. The number of aliphatic hydroxyl groups is 2. The molecule has 6 aliphatic rings. The van der Waals surface area contributed by atoms with Crippen molar-refractivity contribution in [2.75, 3.05) is 6.61 Å². The highest BCUT2D eigenvalue weighted by Gasteiger charge is 2.71. The Morgan fingerprint density at radius 2 is 1.68 bits per heavy atom. The van der Waals surface area contributed by atoms with E-state index in [4.69, 9.17) is 9.47 Å². The smallest absolute Gasteiger partial charge is 0.171 e. The molecule has 4 saturated carbocycles. The van der Waals surface area contributed by atoms with Crippen LogP contribution in [0.2, 0.25) is 0 Å². The minimum atomic E-state index is -0.407. The lowest BCUT2D eigenvalue weighted by Gasteiger charge is -2.62. The van der Waals surface area contributed by atoms with Crippen LogP contribution in [0.4, 0.5) is 0 Å². The molecular weight excluding hydrogens is 388 g/mol. The van der Waals surface area contributed by atoms with Gasteiger partial charge in [0.15, 0.2) is 5.79 Å². The van der Waals surface area contributed by atoms with Gasteiger partial charge >= 0.3 is 0 Å². The van der Waals surface area contributed by atoms with Crippen LogP contribution in [0.15, 0.2) is 0 Å². The second-order valence-corrected chi connectivity index (χ2v) is 13.2. The molecule has 0 bridgehead atoms. The lowest BCUT2D eigenvalue weighted by molar-refractivity contribution is -0.274. The SMILES string of the molecule is CC1C2C(CC3C4CCC5C[C@@H](O)CC[C@]5(C)C4CC(O)[C@@]32C)OC12CC[C@H](C)CO2. The average molecular weight is 433 g/mol. The second kappa shape index (κ2) is 6.93. The lowest BCUT2D eigenvalue weighted by atomic mass is 9.43. The molecule has 0 aromatic rings. The van der Waals surface area contributed by atoms with Crippen LogP contribution in [0.1, 0.15) is 85.5 Å². The molecule has 1 spiro atoms. The quantitative estimate of drug-likeness (QED) is 0.579. The van der Waals surface area contributed by atoms with Gasteiger partial charge in [0.1, 0.15) is 0 Å². The van der Waals surface area contributed by atoms with Crippen LogP contribution >= 0.6 is 0 Å². The van der Waals surface area contributed by atoms with Gasteiger partial charge in [-0.25, -0.2) is 0 Å². The van der Waals surface area contributed by atoms with Gasteiger partial charge < -0.3 is 19.7 Å². The fraction of sp³-hybridized carbons (Fsp3) is 1.00. The molecule has 6 fully saturated rings. The van der Waals surface area contributed by atoms with Crippen molar-refractivity contribution in [3.8, 4) is 0 Å². The van der Waals surface area contributed by atoms with Crippen molar-refractivity contribution in [3.05, 3.63) is 0 Å². The van der Waals surface area contributed by atoms with E-state index in [0.717, 1.165) is 45.1 Å². The zero-order chi connectivity index (χ0) is 21.8. The molecule has 9 unspecified atom stereocenters. The third kappa shape index (κ3) is 2.74. The van der Waals surface area contributed by atoms with E-state index in [1.807, 2.05) is 0 Å². The Balaban J connectivity index is 1.29. The summed E-state index contributed by atoms with van der Waals surface area (Å²) in [5.74, 6) is 3.46. The van der Waals surface area contributed by atoms with Gasteiger partial charge in [0.25, 0.3) is 0 Å². The fourth-order valence-corrected chi connectivity index (χ4v) is 10.2. The van der Waals surface area contributed by atoms with Gasteiger partial charge in [-0.15, -0.1) is 0 Å². The van der Waals surface area contributed by atoms with Gasteiger partial charge in [-0.2, -0.15) is 0 Å². The molecule has 6 rings (SSSR count). The third-order valence-electron chi connectivity index (χ3n) is 12.0. The minimum Gasteiger partial charge on any atom is -0.393 e. The monoisotopic (exact) mass is 432 g/mol. The van der Waals surface area contributed by atoms with Gasteiger partial charge in [0.05, 0.1) is 24.9 Å². The summed E-state index contributed by atoms with van der Waals surface area (Å²) in [4.78, 5) is 0. The summed E-state index contributed by atoms with van der Waals surface area (Å²) < 4.78 is 13.3. The number of fused-ring (bicyclic) bond motifs is 7. The first-order valence-electron chi connectivity index (χ1n) is 13.4. The van der Waals surface area contributed by atoms with Crippen molar-refractivity contribution in [3.63, 3.8) is 0 Å². The summed E-state index contributed by atoms with van der Waals surface area (Å²) in [5, 5.41) is 22.1. The largest absolute Gasteiger partial charge is 0.393 e. The summed E-state index contributed by atoms with van der Waals surface area (Å²) in [7, 11) is 0. The van der Waals surface area contributed by atoms with Crippen molar-refractivity contribution < 1.29 is 19.7 Å². The maximum absolute atomic E-state index is 11.8. The number of aliphatic hydroxyl groups excluding tert-OH is 2. The number of rotatable bonds is 0. The number of hydrogen-bond donors (Lipinski definition) is 2. The van der Waals surface area contributed by atoms with E-state index in [0.29, 0.717) is 46.8 Å². The third-order valence-corrected chi connectivity index (χ3v) is 12.0. The normalized spacial score (nSPS) is 63.3. The zero-order valence-corrected chi connectivity index (χ0v) is 20.1. The average Bonchev–Trinajstić information content (AvgIpc) is 3.18. The van der Waals surface area contributed by atoms with E-state index in [2.05, 4.69) is 27.7 Å². The van der Waals surface area contributed by atoms with Gasteiger partial charge in [-0.1, -0.05) is 27.7 Å². The van der Waals surface area contributed by atoms with Crippen LogP contribution in [0, 0.1) is 52.3 Å². The molecule has 2 N–H and O–H groups in total. The van der Waals surface area contributed by atoms with Crippen molar-refractivity contribution in [2.24, 2.45) is 52.3 Å². The van der Waals surface area contributed by atoms with E-state index in [-0.39, 0.29) is 23.7 Å². The van der Waals surface area contributed by atoms with Crippen LogP contribution in [0.3, 0.4) is 0 Å². The van der Waals surface area contributed by atoms with Crippen molar-refractivity contribution >= 4 is 0 Å². The Kier molecular flexibility index (Phi) is 4.78. The summed E-state index contributed by atoms with van der Waals surface area (Å²) >= 11 is 0. The summed E-state index contributed by atoms with van der Waals surface area (Å²) in [6.45, 7) is 10.3. The first-order valence-corrected chi connectivity index (χ1v) is 13.4. The Morgan fingerprint density at radius 1 is 0.871 bits per heavy atom. The predicted molar refractivity (Wildman–Crippen MR) is 119 cm³/mol. The summed E-state index contributed by atoms with van der Waals surface area (Å²) in [5.41, 5.74) is 0.233. The highest BCUT2D eigenvalue weighted by atomic mass is 16.7. The van der Waals surface area contributed by atoms with Crippen LogP contribution in [0.5, 0.6) is 0 Å². The highest BCUT2D eigenvalue weighted by molar-refractivity contribution is 5.17. The maximum Gasteiger partial charge on any atom is 0.171 e. The Bertz CT molecular complexity index is 716. The molecule has 176 valence electrons. The first kappa shape index (κ1) is 21.4. The van der Waals surface area contributed by atoms with Crippen molar-refractivity contribution in [1.82, 2.24) is 0 Å². The molecule has 4 heteroatoms. The van der Waals surface area contributed by atoms with Gasteiger partial charge in [-0.3, -0.25) is 0 Å². The second-order valence-electron chi connectivity index (χ2n) is 13.2. The maximum atomic E-state index is 11.8. The van der Waals surface area contributed by atoms with Crippen molar-refractivity contribution in [1.29, 1.82) is 0 Å². The molecule has 0 aromatic carbocycles. The Labute approximate surface area is 188 Å². The van der Waals surface area contributed by atoms with E-state index in [1.54, 1.807) is 0 Å². The van der Waals surface area contributed by atoms with Gasteiger partial charge in [0.2, 0.25) is 0 Å². The molecule has 2 heterocycles. The molecule has 0 radical (unpaired) electrons. The minimum absolute atomic E-state index is 0.0570. The van der Waals surface area contributed by atoms with Gasteiger partial charge in [-0.05, 0) is 86.4 Å². The lowest BCUT2D eigenvalue weighted by Crippen LogP contribution is -2.59. The van der Waals surface area contributed by atoms with Crippen LogP contribution in [-0.2, 0) is 9.47 Å². The molecule has 0 aromatic heterocycles. The zero-order valence-electron chi connectivity index (χ0n) is 20.1. The molecule has 4 nitrogen and oxygen atoms in total. The molecular formula is C27H44O4. The van der Waals surface area contributed by atoms with E-state index in [9.17, 15) is 10.2 Å². The Morgan fingerprint density at radius 3 is 2.42 bits per heavy atom. The van der Waals surface area contributed by atoms with E-state index in [1.165, 1.54) is 19.3 Å². The van der Waals surface area contributed by atoms with Crippen LogP contribution in [0.25, 0.3) is 0 Å².